The minimum Gasteiger partial charge on any atom is -0.249 e. The van der Waals surface area contributed by atoms with Gasteiger partial charge in [-0.2, -0.15) is 0 Å². The van der Waals surface area contributed by atoms with Gasteiger partial charge < -0.3 is 0 Å². The van der Waals surface area contributed by atoms with E-state index in [2.05, 4.69) is 16.5 Å². The predicted molar refractivity (Wildman–Crippen MR) is 29.2 cm³/mol. The second-order valence-electron chi connectivity index (χ2n) is 1.92. The zero-order chi connectivity index (χ0) is 5.98. The van der Waals surface area contributed by atoms with Crippen LogP contribution < -0.4 is 0 Å². The van der Waals surface area contributed by atoms with E-state index in [0.717, 1.165) is 0 Å². The second-order valence-corrected chi connectivity index (χ2v) is 1.92. The van der Waals surface area contributed by atoms with Gasteiger partial charge in [-0.1, -0.05) is 5.21 Å². The lowest BCUT2D eigenvalue weighted by Crippen LogP contribution is -2.00. The van der Waals surface area contributed by atoms with Crippen molar-refractivity contribution in [2.45, 2.75) is 19.9 Å². The monoisotopic (exact) mass is 110 g/mol. The van der Waals surface area contributed by atoms with E-state index in [9.17, 15) is 0 Å². The van der Waals surface area contributed by atoms with Crippen LogP contribution in [0.2, 0.25) is 0 Å². The van der Waals surface area contributed by atoms with Gasteiger partial charge in [0.15, 0.2) is 0 Å². The van der Waals surface area contributed by atoms with Gasteiger partial charge in [0.25, 0.3) is 0 Å². The summed E-state index contributed by atoms with van der Waals surface area (Å²) in [5.74, 6) is 0. The molecule has 0 saturated heterocycles. The maximum Gasteiger partial charge on any atom is 0.134 e. The summed E-state index contributed by atoms with van der Waals surface area (Å²) < 4.78 is 1.75. The largest absolute Gasteiger partial charge is 0.249 e. The molecule has 1 rings (SSSR count). The molecule has 1 heterocycles. The average molecular weight is 110 g/mol. The van der Waals surface area contributed by atoms with E-state index >= 15 is 0 Å². The maximum absolute atomic E-state index is 3.73. The first-order chi connectivity index (χ1) is 3.80. The molecule has 3 heteroatoms. The topological polar surface area (TPSA) is 30.7 Å². The van der Waals surface area contributed by atoms with Crippen LogP contribution in [-0.2, 0) is 0 Å². The number of hydrogen-bond donors (Lipinski definition) is 0. The molecule has 0 unspecified atom stereocenters. The fraction of sp³-hybridized carbons (Fsp3) is 0.600. The third kappa shape index (κ3) is 0.857. The molecular formula is C5H8N3. The van der Waals surface area contributed by atoms with E-state index in [1.165, 1.54) is 0 Å². The van der Waals surface area contributed by atoms with Crippen LogP contribution in [0.3, 0.4) is 0 Å². The normalized spacial score (nSPS) is 10.4. The first-order valence-electron chi connectivity index (χ1n) is 2.58. The zero-order valence-corrected chi connectivity index (χ0v) is 5.00. The molecule has 8 heavy (non-hydrogen) atoms. The summed E-state index contributed by atoms with van der Waals surface area (Å²) in [4.78, 5) is 0. The van der Waals surface area contributed by atoms with Crippen LogP contribution >= 0.6 is 0 Å². The van der Waals surface area contributed by atoms with Gasteiger partial charge in [-0.3, -0.25) is 0 Å². The molecule has 0 amide bonds. The van der Waals surface area contributed by atoms with Crippen LogP contribution in [0.25, 0.3) is 0 Å². The molecule has 0 N–H and O–H groups in total. The zero-order valence-electron chi connectivity index (χ0n) is 5.00. The lowest BCUT2D eigenvalue weighted by molar-refractivity contribution is 0.514. The van der Waals surface area contributed by atoms with Crippen molar-refractivity contribution in [1.82, 2.24) is 15.0 Å². The predicted octanol–water partition coefficient (Wildman–Crippen LogP) is 0.659. The molecule has 1 aromatic heterocycles. The fourth-order valence-corrected chi connectivity index (χ4v) is 0.441. The standard InChI is InChI=1S/C5H8N3/c1-5(2)8-4-3-6-7-8/h4-5H,1-2H3. The van der Waals surface area contributed by atoms with Crippen LogP contribution in [0.5, 0.6) is 0 Å². The van der Waals surface area contributed by atoms with Crippen molar-refractivity contribution in [3.63, 3.8) is 0 Å². The molecule has 0 fully saturated rings. The van der Waals surface area contributed by atoms with E-state index in [0.29, 0.717) is 6.04 Å². The van der Waals surface area contributed by atoms with E-state index in [1.54, 1.807) is 10.9 Å². The van der Waals surface area contributed by atoms with E-state index in [4.69, 9.17) is 0 Å². The number of hydrogen-bond acceptors (Lipinski definition) is 2. The van der Waals surface area contributed by atoms with Crippen LogP contribution in [0.1, 0.15) is 19.9 Å². The summed E-state index contributed by atoms with van der Waals surface area (Å²) in [7, 11) is 0. The molecule has 1 aromatic rings. The summed E-state index contributed by atoms with van der Waals surface area (Å²) in [5.41, 5.74) is 0. The van der Waals surface area contributed by atoms with Gasteiger partial charge in [-0.05, 0) is 13.8 Å². The summed E-state index contributed by atoms with van der Waals surface area (Å²) in [6.07, 6.45) is 4.34. The Balaban J connectivity index is 2.77. The highest BCUT2D eigenvalue weighted by Gasteiger charge is 1.93. The third-order valence-electron chi connectivity index (χ3n) is 0.925. The summed E-state index contributed by atoms with van der Waals surface area (Å²) in [6, 6.07) is 0.397. The van der Waals surface area contributed by atoms with E-state index in [1.807, 2.05) is 13.8 Å². The lowest BCUT2D eigenvalue weighted by Gasteiger charge is -1.99. The summed E-state index contributed by atoms with van der Waals surface area (Å²) >= 11 is 0. The molecule has 0 bridgehead atoms. The molecule has 0 aliphatic carbocycles. The number of nitrogens with zero attached hydrogens (tertiary/aromatic N) is 3. The quantitative estimate of drug-likeness (QED) is 0.531. The molecule has 0 aliphatic rings. The highest BCUT2D eigenvalue weighted by molar-refractivity contribution is 4.63. The van der Waals surface area contributed by atoms with Crippen molar-refractivity contribution in [3.8, 4) is 0 Å². The summed E-state index contributed by atoms with van der Waals surface area (Å²) in [5, 5.41) is 7.26. The van der Waals surface area contributed by atoms with Gasteiger partial charge in [-0.15, -0.1) is 5.10 Å². The Labute approximate surface area is 48.3 Å². The molecule has 0 spiro atoms. The van der Waals surface area contributed by atoms with E-state index in [-0.39, 0.29) is 0 Å². The molecule has 0 atom stereocenters. The smallest absolute Gasteiger partial charge is 0.134 e. The third-order valence-corrected chi connectivity index (χ3v) is 0.925. The van der Waals surface area contributed by atoms with Crippen molar-refractivity contribution >= 4 is 0 Å². The van der Waals surface area contributed by atoms with Crippen molar-refractivity contribution in [3.05, 3.63) is 12.4 Å². The van der Waals surface area contributed by atoms with Gasteiger partial charge in [-0.25, -0.2) is 4.68 Å². The first-order valence-corrected chi connectivity index (χ1v) is 2.58. The highest BCUT2D eigenvalue weighted by atomic mass is 15.4. The minimum absolute atomic E-state index is 0.397. The molecule has 0 aliphatic heterocycles. The van der Waals surface area contributed by atoms with Gasteiger partial charge in [0.2, 0.25) is 0 Å². The van der Waals surface area contributed by atoms with E-state index < -0.39 is 0 Å². The second kappa shape index (κ2) is 1.94. The Hall–Kier alpha value is -0.860. The van der Waals surface area contributed by atoms with Crippen LogP contribution in [0.4, 0.5) is 0 Å². The Morgan fingerprint density at radius 1 is 1.62 bits per heavy atom. The van der Waals surface area contributed by atoms with Crippen molar-refractivity contribution in [2.24, 2.45) is 0 Å². The van der Waals surface area contributed by atoms with Gasteiger partial charge in [0, 0.05) is 6.04 Å². The van der Waals surface area contributed by atoms with Gasteiger partial charge in [0.05, 0.1) is 6.20 Å². The van der Waals surface area contributed by atoms with Crippen molar-refractivity contribution in [2.75, 3.05) is 0 Å². The Bertz CT molecular complexity index is 143. The Morgan fingerprint density at radius 2 is 2.38 bits per heavy atom. The first kappa shape index (κ1) is 5.28. The lowest BCUT2D eigenvalue weighted by atomic mass is 10.4. The van der Waals surface area contributed by atoms with Crippen molar-refractivity contribution in [1.29, 1.82) is 0 Å². The average Bonchev–Trinajstić information content (AvgIpc) is 2.12. The number of aromatic nitrogens is 3. The maximum atomic E-state index is 3.73. The molecular weight excluding hydrogens is 102 g/mol. The highest BCUT2D eigenvalue weighted by Crippen LogP contribution is 1.96. The molecule has 0 saturated carbocycles. The Kier molecular flexibility index (Phi) is 1.28. The Morgan fingerprint density at radius 3 is 2.62 bits per heavy atom. The SMILES string of the molecule is CC(C)n1c[c]nn1. The summed E-state index contributed by atoms with van der Waals surface area (Å²) in [6.45, 7) is 4.09. The van der Waals surface area contributed by atoms with Gasteiger partial charge >= 0.3 is 0 Å². The van der Waals surface area contributed by atoms with Crippen LogP contribution in [0.15, 0.2) is 6.20 Å². The molecule has 1 radical (unpaired) electrons. The fourth-order valence-electron chi connectivity index (χ4n) is 0.441. The molecule has 43 valence electrons. The number of rotatable bonds is 1. The molecule has 0 aromatic carbocycles. The van der Waals surface area contributed by atoms with Gasteiger partial charge in [0.1, 0.15) is 6.20 Å². The van der Waals surface area contributed by atoms with Crippen molar-refractivity contribution < 1.29 is 0 Å². The van der Waals surface area contributed by atoms with Crippen LogP contribution in [-0.4, -0.2) is 15.0 Å². The molecule has 3 nitrogen and oxygen atoms in total. The minimum atomic E-state index is 0.397. The van der Waals surface area contributed by atoms with Crippen LogP contribution in [0, 0.1) is 6.20 Å².